The molecule has 1 spiro atoms. The summed E-state index contributed by atoms with van der Waals surface area (Å²) in [5.41, 5.74) is 2.65. The summed E-state index contributed by atoms with van der Waals surface area (Å²) >= 11 is 0. The lowest BCUT2D eigenvalue weighted by atomic mass is 9.73. The molecular weight excluding hydrogens is 283 g/mol. The Morgan fingerprint density at radius 2 is 2.09 bits per heavy atom. The van der Waals surface area contributed by atoms with E-state index in [0.29, 0.717) is 5.92 Å². The monoisotopic (exact) mass is 300 g/mol. The van der Waals surface area contributed by atoms with Crippen LogP contribution in [0.4, 0.5) is 4.39 Å². The van der Waals surface area contributed by atoms with E-state index in [1.807, 2.05) is 0 Å². The number of ether oxygens (including phenoxy) is 1. The first-order chi connectivity index (χ1) is 10.7. The third-order valence-electron chi connectivity index (χ3n) is 5.44. The van der Waals surface area contributed by atoms with Gasteiger partial charge in [0.25, 0.3) is 6.01 Å². The second-order valence-corrected chi connectivity index (χ2v) is 6.72. The van der Waals surface area contributed by atoms with Crippen LogP contribution in [0.5, 0.6) is 5.88 Å². The number of furan rings is 1. The predicted octanol–water partition coefficient (Wildman–Crippen LogP) is 2.88. The molecule has 0 saturated carbocycles. The van der Waals surface area contributed by atoms with Crippen molar-refractivity contribution in [3.05, 3.63) is 36.2 Å². The number of pyridine rings is 1. The fraction of sp³-hybridized carbons (Fsp3) is 0.471. The minimum atomic E-state index is -0.569. The van der Waals surface area contributed by atoms with Crippen LogP contribution in [0.3, 0.4) is 0 Å². The second kappa shape index (κ2) is 4.32. The van der Waals surface area contributed by atoms with Gasteiger partial charge in [-0.15, -0.1) is 0 Å². The van der Waals surface area contributed by atoms with Crippen molar-refractivity contribution < 1.29 is 13.5 Å². The molecule has 0 aromatic carbocycles. The summed E-state index contributed by atoms with van der Waals surface area (Å²) in [4.78, 5) is 6.97. The van der Waals surface area contributed by atoms with Gasteiger partial charge >= 0.3 is 0 Å². The molecule has 4 aliphatic heterocycles. The zero-order valence-electron chi connectivity index (χ0n) is 12.2. The number of aromatic nitrogens is 1. The van der Waals surface area contributed by atoms with E-state index in [2.05, 4.69) is 16.0 Å². The first-order valence-electron chi connectivity index (χ1n) is 7.87. The van der Waals surface area contributed by atoms with Gasteiger partial charge in [0, 0.05) is 47.8 Å². The Labute approximate surface area is 127 Å². The molecule has 6 rings (SSSR count). The Hall–Kier alpha value is -1.88. The van der Waals surface area contributed by atoms with E-state index in [1.165, 1.54) is 38.3 Å². The van der Waals surface area contributed by atoms with Gasteiger partial charge in [-0.25, -0.2) is 4.98 Å². The molecule has 5 heteroatoms. The minimum absolute atomic E-state index is 0.0912. The third-order valence-corrected chi connectivity index (χ3v) is 5.44. The topological polar surface area (TPSA) is 38.5 Å². The zero-order valence-corrected chi connectivity index (χ0v) is 12.2. The van der Waals surface area contributed by atoms with Gasteiger partial charge in [-0.05, 0) is 32.0 Å². The van der Waals surface area contributed by atoms with Crippen LogP contribution in [0.2, 0.25) is 0 Å². The van der Waals surface area contributed by atoms with Gasteiger partial charge < -0.3 is 9.15 Å². The van der Waals surface area contributed by atoms with Crippen molar-refractivity contribution in [2.24, 2.45) is 5.92 Å². The summed E-state index contributed by atoms with van der Waals surface area (Å²) in [6, 6.07) is 2.89. The van der Waals surface area contributed by atoms with Crippen LogP contribution in [0.25, 0.3) is 11.1 Å². The van der Waals surface area contributed by atoms with Crippen LogP contribution < -0.4 is 4.74 Å². The molecule has 2 aromatic rings. The molecule has 2 bridgehead atoms. The van der Waals surface area contributed by atoms with Crippen molar-refractivity contribution in [3.63, 3.8) is 0 Å². The van der Waals surface area contributed by atoms with Gasteiger partial charge in [0.2, 0.25) is 5.88 Å². The number of nitrogens with zero attached hydrogens (tertiary/aromatic N) is 2. The van der Waals surface area contributed by atoms with Gasteiger partial charge in [-0.1, -0.05) is 0 Å². The van der Waals surface area contributed by atoms with Crippen molar-refractivity contribution in [1.82, 2.24) is 9.88 Å². The zero-order chi connectivity index (χ0) is 14.7. The Morgan fingerprint density at radius 1 is 1.23 bits per heavy atom. The van der Waals surface area contributed by atoms with Crippen LogP contribution in [-0.2, 0) is 6.42 Å². The van der Waals surface area contributed by atoms with E-state index in [4.69, 9.17) is 9.15 Å². The smallest absolute Gasteiger partial charge is 0.278 e. The number of hydrogen-bond acceptors (Lipinski definition) is 4. The molecule has 0 N–H and O–H groups in total. The Morgan fingerprint density at radius 3 is 2.77 bits per heavy atom. The number of piperidine rings is 3. The summed E-state index contributed by atoms with van der Waals surface area (Å²) in [7, 11) is 0. The minimum Gasteiger partial charge on any atom is -0.469 e. The van der Waals surface area contributed by atoms with Crippen LogP contribution in [0.15, 0.2) is 29.0 Å². The lowest BCUT2D eigenvalue weighted by Gasteiger charge is -2.50. The van der Waals surface area contributed by atoms with Crippen LogP contribution in [-0.4, -0.2) is 35.1 Å². The van der Waals surface area contributed by atoms with Crippen molar-refractivity contribution in [2.75, 3.05) is 19.6 Å². The van der Waals surface area contributed by atoms with Gasteiger partial charge in [0.15, 0.2) is 0 Å². The van der Waals surface area contributed by atoms with E-state index in [-0.39, 0.29) is 5.60 Å². The van der Waals surface area contributed by atoms with E-state index < -0.39 is 6.01 Å². The molecule has 114 valence electrons. The number of hydrogen-bond donors (Lipinski definition) is 0. The molecule has 3 saturated heterocycles. The van der Waals surface area contributed by atoms with E-state index in [9.17, 15) is 4.39 Å². The highest BCUT2D eigenvalue weighted by molar-refractivity contribution is 5.63. The number of rotatable bonds is 1. The largest absolute Gasteiger partial charge is 0.469 e. The Balaban J connectivity index is 1.49. The molecule has 2 aromatic heterocycles. The third kappa shape index (κ3) is 1.75. The highest BCUT2D eigenvalue weighted by Gasteiger charge is 2.52. The summed E-state index contributed by atoms with van der Waals surface area (Å²) in [6.07, 6.45) is 6.51. The maximum atomic E-state index is 13.1. The van der Waals surface area contributed by atoms with Crippen LogP contribution in [0, 0.1) is 11.9 Å². The SMILES string of the molecule is Fc1cc(-c2cnc3c(c2)C[C@@]2(CN4CCC2CC4)O3)co1. The molecule has 0 amide bonds. The molecule has 1 atom stereocenters. The Bertz CT molecular complexity index is 736. The van der Waals surface area contributed by atoms with Gasteiger partial charge in [-0.3, -0.25) is 4.90 Å². The maximum Gasteiger partial charge on any atom is 0.278 e. The van der Waals surface area contributed by atoms with E-state index >= 15 is 0 Å². The molecule has 0 aliphatic carbocycles. The molecule has 0 unspecified atom stereocenters. The first kappa shape index (κ1) is 12.6. The number of fused-ring (bicyclic) bond motifs is 3. The molecule has 0 radical (unpaired) electrons. The van der Waals surface area contributed by atoms with Crippen molar-refractivity contribution in [2.45, 2.75) is 24.9 Å². The lowest BCUT2D eigenvalue weighted by molar-refractivity contribution is -0.0814. The normalized spacial score (nSPS) is 32.2. The average Bonchev–Trinajstić information content (AvgIpc) is 3.11. The van der Waals surface area contributed by atoms with Crippen LogP contribution in [0.1, 0.15) is 18.4 Å². The Kier molecular flexibility index (Phi) is 2.48. The average molecular weight is 300 g/mol. The summed E-state index contributed by atoms with van der Waals surface area (Å²) < 4.78 is 24.1. The summed E-state index contributed by atoms with van der Waals surface area (Å²) in [6.45, 7) is 3.39. The first-order valence-corrected chi connectivity index (χ1v) is 7.87. The second-order valence-electron chi connectivity index (χ2n) is 6.72. The van der Waals surface area contributed by atoms with Crippen molar-refractivity contribution in [1.29, 1.82) is 0 Å². The van der Waals surface area contributed by atoms with Gasteiger partial charge in [-0.2, -0.15) is 4.39 Å². The quantitative estimate of drug-likeness (QED) is 0.812. The fourth-order valence-electron chi connectivity index (χ4n) is 4.33. The van der Waals surface area contributed by atoms with Crippen molar-refractivity contribution >= 4 is 0 Å². The standard InChI is InChI=1S/C17H17FN2O2/c18-15-6-13(9-21-15)12-5-11-7-17(22-16(11)19-8-12)10-20-3-1-14(17)2-4-20/h5-6,8-9,14H,1-4,7,10H2/t17-/m0/s1. The van der Waals surface area contributed by atoms with Crippen molar-refractivity contribution in [3.8, 4) is 17.0 Å². The lowest BCUT2D eigenvalue weighted by Crippen LogP contribution is -2.61. The fourth-order valence-corrected chi connectivity index (χ4v) is 4.33. The van der Waals surface area contributed by atoms with E-state index in [1.54, 1.807) is 6.20 Å². The van der Waals surface area contributed by atoms with Crippen LogP contribution >= 0.6 is 0 Å². The molecule has 4 nitrogen and oxygen atoms in total. The molecule has 3 fully saturated rings. The maximum absolute atomic E-state index is 13.1. The highest BCUT2D eigenvalue weighted by atomic mass is 19.1. The van der Waals surface area contributed by atoms with Gasteiger partial charge in [0.1, 0.15) is 11.9 Å². The molecule has 4 aliphatic rings. The van der Waals surface area contributed by atoms with Gasteiger partial charge in [0.05, 0.1) is 0 Å². The molecule has 6 heterocycles. The predicted molar refractivity (Wildman–Crippen MR) is 78.1 cm³/mol. The molecule has 22 heavy (non-hydrogen) atoms. The van der Waals surface area contributed by atoms with E-state index in [0.717, 1.165) is 35.5 Å². The summed E-state index contributed by atoms with van der Waals surface area (Å²) in [5, 5.41) is 0. The summed E-state index contributed by atoms with van der Waals surface area (Å²) in [5.74, 6) is 1.38. The number of halogens is 1. The highest BCUT2D eigenvalue weighted by Crippen LogP contribution is 2.46. The molecular formula is C17H17FN2O2.